The topological polar surface area (TPSA) is 84.4 Å². The van der Waals surface area contributed by atoms with E-state index in [1.165, 1.54) is 6.20 Å². The maximum absolute atomic E-state index is 10.8. The van der Waals surface area contributed by atoms with E-state index in [-0.39, 0.29) is 17.8 Å². The first-order valence-corrected chi connectivity index (χ1v) is 6.61. The molecule has 106 valence electrons. The molecule has 7 nitrogen and oxygen atoms in total. The molecule has 0 spiro atoms. The van der Waals surface area contributed by atoms with Crippen LogP contribution >= 0.6 is 0 Å². The van der Waals surface area contributed by atoms with Gasteiger partial charge in [0.25, 0.3) is 0 Å². The van der Waals surface area contributed by atoms with Crippen molar-refractivity contribution in [2.24, 2.45) is 0 Å². The Labute approximate surface area is 115 Å². The van der Waals surface area contributed by atoms with Crippen LogP contribution in [0, 0.1) is 0 Å². The lowest BCUT2D eigenvalue weighted by atomic mass is 10.0. The van der Waals surface area contributed by atoms with E-state index < -0.39 is 5.97 Å². The molecule has 0 amide bonds. The summed E-state index contributed by atoms with van der Waals surface area (Å²) in [6.45, 7) is 3.77. The van der Waals surface area contributed by atoms with E-state index in [1.54, 1.807) is 10.9 Å². The Hall–Kier alpha value is -2.15. The Morgan fingerprint density at radius 2 is 2.40 bits per heavy atom. The summed E-state index contributed by atoms with van der Waals surface area (Å²) in [6, 6.07) is 4.33. The van der Waals surface area contributed by atoms with E-state index in [4.69, 9.17) is 9.52 Å². The lowest BCUT2D eigenvalue weighted by molar-refractivity contribution is 0.0398. The van der Waals surface area contributed by atoms with Gasteiger partial charge in [-0.3, -0.25) is 4.90 Å². The summed E-state index contributed by atoms with van der Waals surface area (Å²) in [4.78, 5) is 13.1. The number of aromatic nitrogens is 3. The Kier molecular flexibility index (Phi) is 3.27. The first kappa shape index (κ1) is 12.9. The molecular weight excluding hydrogens is 260 g/mol. The number of carbonyl (C=O) groups is 1. The van der Waals surface area contributed by atoms with Gasteiger partial charge in [-0.15, -0.1) is 5.10 Å². The molecule has 0 bridgehead atoms. The second-order valence-electron chi connectivity index (χ2n) is 4.94. The summed E-state index contributed by atoms with van der Waals surface area (Å²) in [6.07, 6.45) is 4.14. The highest BCUT2D eigenvalue weighted by molar-refractivity contribution is 5.84. The number of likely N-dealkylation sites (tertiary alicyclic amines) is 1. The summed E-state index contributed by atoms with van der Waals surface area (Å²) in [5, 5.41) is 16.3. The monoisotopic (exact) mass is 276 g/mol. The van der Waals surface area contributed by atoms with Crippen LogP contribution in [0.25, 0.3) is 0 Å². The minimum atomic E-state index is -1.05. The molecule has 1 atom stereocenters. The smallest absolute Gasteiger partial charge is 0.358 e. The predicted octanol–water partition coefficient (Wildman–Crippen LogP) is 1.58. The number of nitrogens with zero attached hydrogens (tertiary/aromatic N) is 4. The van der Waals surface area contributed by atoms with Gasteiger partial charge in [-0.2, -0.15) is 0 Å². The molecule has 1 unspecified atom stereocenters. The molecule has 0 aliphatic carbocycles. The highest BCUT2D eigenvalue weighted by Crippen LogP contribution is 2.33. The van der Waals surface area contributed by atoms with Gasteiger partial charge < -0.3 is 9.52 Å². The van der Waals surface area contributed by atoms with Gasteiger partial charge >= 0.3 is 5.97 Å². The maximum atomic E-state index is 10.8. The molecule has 1 fully saturated rings. The summed E-state index contributed by atoms with van der Waals surface area (Å²) in [5.41, 5.74) is -0.0125. The lowest BCUT2D eigenvalue weighted by Gasteiger charge is -2.43. The highest BCUT2D eigenvalue weighted by atomic mass is 16.4. The van der Waals surface area contributed by atoms with Crippen molar-refractivity contribution in [3.8, 4) is 0 Å². The number of rotatable bonds is 5. The minimum Gasteiger partial charge on any atom is -0.476 e. The zero-order chi connectivity index (χ0) is 14.1. The third kappa shape index (κ3) is 2.20. The first-order chi connectivity index (χ1) is 9.69. The van der Waals surface area contributed by atoms with Gasteiger partial charge in [-0.05, 0) is 18.6 Å². The van der Waals surface area contributed by atoms with Crippen LogP contribution in [0.4, 0.5) is 0 Å². The molecule has 7 heteroatoms. The lowest BCUT2D eigenvalue weighted by Crippen LogP contribution is -2.49. The Morgan fingerprint density at radius 1 is 1.60 bits per heavy atom. The van der Waals surface area contributed by atoms with E-state index in [1.807, 2.05) is 12.1 Å². The van der Waals surface area contributed by atoms with E-state index in [9.17, 15) is 4.79 Å². The van der Waals surface area contributed by atoms with Crippen molar-refractivity contribution in [2.45, 2.75) is 25.4 Å². The van der Waals surface area contributed by atoms with Crippen LogP contribution in [-0.4, -0.2) is 44.1 Å². The molecule has 1 aliphatic heterocycles. The van der Waals surface area contributed by atoms with Crippen molar-refractivity contribution in [3.63, 3.8) is 0 Å². The molecule has 2 aromatic heterocycles. The molecular formula is C13H16N4O3. The summed E-state index contributed by atoms with van der Waals surface area (Å²) >= 11 is 0. The molecule has 0 aromatic carbocycles. The Bertz CT molecular complexity index is 587. The largest absolute Gasteiger partial charge is 0.476 e. The predicted molar refractivity (Wildman–Crippen MR) is 69.3 cm³/mol. The van der Waals surface area contributed by atoms with Gasteiger partial charge in [0.05, 0.1) is 24.5 Å². The first-order valence-electron chi connectivity index (χ1n) is 6.61. The molecule has 20 heavy (non-hydrogen) atoms. The summed E-state index contributed by atoms with van der Waals surface area (Å²) in [5.74, 6) is -0.0785. The molecule has 0 radical (unpaired) electrons. The fourth-order valence-corrected chi connectivity index (χ4v) is 2.58. The number of aromatic carboxylic acids is 1. The van der Waals surface area contributed by atoms with E-state index in [0.717, 1.165) is 25.3 Å². The minimum absolute atomic E-state index is 0.0125. The number of carboxylic acid groups (broad SMARTS) is 1. The molecule has 1 N–H and O–H groups in total. The number of carboxylic acids is 1. The fourth-order valence-electron chi connectivity index (χ4n) is 2.58. The van der Waals surface area contributed by atoms with E-state index >= 15 is 0 Å². The van der Waals surface area contributed by atoms with Crippen molar-refractivity contribution < 1.29 is 14.3 Å². The van der Waals surface area contributed by atoms with E-state index in [2.05, 4.69) is 22.1 Å². The van der Waals surface area contributed by atoms with Gasteiger partial charge in [0.1, 0.15) is 5.76 Å². The van der Waals surface area contributed by atoms with Crippen molar-refractivity contribution in [3.05, 3.63) is 36.0 Å². The van der Waals surface area contributed by atoms with E-state index in [0.29, 0.717) is 0 Å². The van der Waals surface area contributed by atoms with Gasteiger partial charge in [0, 0.05) is 13.1 Å². The Morgan fingerprint density at radius 3 is 2.95 bits per heavy atom. The van der Waals surface area contributed by atoms with Gasteiger partial charge in [-0.1, -0.05) is 12.1 Å². The van der Waals surface area contributed by atoms with Crippen LogP contribution in [0.2, 0.25) is 0 Å². The van der Waals surface area contributed by atoms with Crippen molar-refractivity contribution in [1.82, 2.24) is 19.9 Å². The molecule has 3 heterocycles. The number of hydrogen-bond acceptors (Lipinski definition) is 5. The average Bonchev–Trinajstić information content (AvgIpc) is 3.03. The normalized spacial score (nSPS) is 17.9. The van der Waals surface area contributed by atoms with Crippen LogP contribution in [0.15, 0.2) is 29.0 Å². The van der Waals surface area contributed by atoms with Crippen LogP contribution < -0.4 is 0 Å². The maximum Gasteiger partial charge on any atom is 0.358 e. The number of furan rings is 1. The zero-order valence-corrected chi connectivity index (χ0v) is 11.1. The fraction of sp³-hybridized carbons (Fsp3) is 0.462. The van der Waals surface area contributed by atoms with Crippen LogP contribution in [0.3, 0.4) is 0 Å². The van der Waals surface area contributed by atoms with Crippen LogP contribution in [0.1, 0.15) is 41.7 Å². The third-order valence-corrected chi connectivity index (χ3v) is 3.69. The standard InChI is InChI=1S/C13H16N4O3/c1-2-11(12-4-3-5-20-12)16-6-9(7-16)17-8-10(13(18)19)14-15-17/h3-5,8-9,11H,2,6-7H2,1H3,(H,18,19). The third-order valence-electron chi connectivity index (χ3n) is 3.69. The average molecular weight is 276 g/mol. The number of hydrogen-bond donors (Lipinski definition) is 1. The second kappa shape index (κ2) is 5.09. The molecule has 1 aliphatic rings. The molecule has 0 saturated carbocycles. The SMILES string of the molecule is CCC(c1ccco1)N1CC(n2cc(C(=O)O)nn2)C1. The second-order valence-corrected chi connectivity index (χ2v) is 4.94. The molecule has 1 saturated heterocycles. The summed E-state index contributed by atoms with van der Waals surface area (Å²) < 4.78 is 7.10. The van der Waals surface area contributed by atoms with Crippen molar-refractivity contribution in [1.29, 1.82) is 0 Å². The zero-order valence-electron chi connectivity index (χ0n) is 11.1. The van der Waals surface area contributed by atoms with Crippen LogP contribution in [-0.2, 0) is 0 Å². The summed E-state index contributed by atoms with van der Waals surface area (Å²) in [7, 11) is 0. The van der Waals surface area contributed by atoms with Crippen molar-refractivity contribution >= 4 is 5.97 Å². The van der Waals surface area contributed by atoms with Crippen molar-refractivity contribution in [2.75, 3.05) is 13.1 Å². The highest BCUT2D eigenvalue weighted by Gasteiger charge is 2.35. The molecule has 3 rings (SSSR count). The van der Waals surface area contributed by atoms with Gasteiger partial charge in [-0.25, -0.2) is 9.48 Å². The van der Waals surface area contributed by atoms with Crippen LogP contribution in [0.5, 0.6) is 0 Å². The Balaban J connectivity index is 1.64. The van der Waals surface area contributed by atoms with Gasteiger partial charge in [0.2, 0.25) is 0 Å². The van der Waals surface area contributed by atoms with Gasteiger partial charge in [0.15, 0.2) is 5.69 Å². The molecule has 2 aromatic rings. The quantitative estimate of drug-likeness (QED) is 0.892.